The number of hydrogen-bond acceptors (Lipinski definition) is 2. The molecule has 0 N–H and O–H groups in total. The maximum atomic E-state index is 2.74. The molecule has 0 aromatic heterocycles. The van der Waals surface area contributed by atoms with Crippen LogP contribution >= 0.6 is 0 Å². The molecule has 0 aliphatic carbocycles. The standard InChI is InChI=1S/C49H98N2/c1-4-7-10-13-16-19-22-24-25-26-27-28-31-34-37-40-43-46-51-48-47-50(45-42-39-36-33-30-21-18-15-12-9-6-3)49(51)44-41-38-35-32-29-23-20-17-14-11-8-5-2/h47-49H,4-46H2,1-3H3. The summed E-state index contributed by atoms with van der Waals surface area (Å²) in [5.41, 5.74) is 0. The van der Waals surface area contributed by atoms with Crippen LogP contribution in [-0.4, -0.2) is 29.1 Å². The minimum absolute atomic E-state index is 0.636. The number of rotatable bonds is 43. The number of nitrogens with zero attached hydrogens (tertiary/aromatic N) is 2. The van der Waals surface area contributed by atoms with Gasteiger partial charge in [0.05, 0.1) is 0 Å². The van der Waals surface area contributed by atoms with E-state index in [4.69, 9.17) is 0 Å². The summed E-state index contributed by atoms with van der Waals surface area (Å²) in [7, 11) is 0. The summed E-state index contributed by atoms with van der Waals surface area (Å²) in [5.74, 6) is 0. The third-order valence-corrected chi connectivity index (χ3v) is 12.1. The van der Waals surface area contributed by atoms with Crippen LogP contribution in [0.5, 0.6) is 0 Å². The van der Waals surface area contributed by atoms with Crippen molar-refractivity contribution in [1.82, 2.24) is 9.80 Å². The van der Waals surface area contributed by atoms with Gasteiger partial charge in [0.15, 0.2) is 0 Å². The van der Waals surface area contributed by atoms with Gasteiger partial charge < -0.3 is 9.80 Å². The summed E-state index contributed by atoms with van der Waals surface area (Å²) < 4.78 is 0. The van der Waals surface area contributed by atoms with Crippen molar-refractivity contribution >= 4 is 0 Å². The fourth-order valence-electron chi connectivity index (χ4n) is 8.48. The summed E-state index contributed by atoms with van der Waals surface area (Å²) in [6, 6.07) is 0. The number of hydrogen-bond donors (Lipinski definition) is 0. The van der Waals surface area contributed by atoms with Crippen molar-refractivity contribution in [3.63, 3.8) is 0 Å². The van der Waals surface area contributed by atoms with Gasteiger partial charge in [0, 0.05) is 25.5 Å². The molecule has 1 rings (SSSR count). The lowest BCUT2D eigenvalue weighted by molar-refractivity contribution is 0.135. The molecule has 2 nitrogen and oxygen atoms in total. The SMILES string of the molecule is CCCCCCCCCCCCCCCCCCCN1C=CN(CCCCCCCCCCCCC)C1CCCCCCCCCCCCCC. The van der Waals surface area contributed by atoms with Crippen molar-refractivity contribution in [2.75, 3.05) is 13.1 Å². The second kappa shape index (κ2) is 40.5. The predicted octanol–water partition coefficient (Wildman–Crippen LogP) is 17.5. The van der Waals surface area contributed by atoms with E-state index in [-0.39, 0.29) is 0 Å². The van der Waals surface area contributed by atoms with Crippen molar-refractivity contribution in [2.45, 2.75) is 290 Å². The normalized spacial score (nSPS) is 14.5. The van der Waals surface area contributed by atoms with E-state index in [1.807, 2.05) is 0 Å². The van der Waals surface area contributed by atoms with Gasteiger partial charge in [0.1, 0.15) is 6.17 Å². The first-order valence-corrected chi connectivity index (χ1v) is 24.5. The van der Waals surface area contributed by atoms with Gasteiger partial charge in [-0.15, -0.1) is 0 Å². The average Bonchev–Trinajstić information content (AvgIpc) is 3.53. The Morgan fingerprint density at radius 1 is 0.255 bits per heavy atom. The Balaban J connectivity index is 2.18. The molecule has 1 heterocycles. The molecule has 0 aromatic carbocycles. The highest BCUT2D eigenvalue weighted by Crippen LogP contribution is 2.24. The maximum absolute atomic E-state index is 2.74. The first kappa shape index (κ1) is 48.4. The van der Waals surface area contributed by atoms with Gasteiger partial charge in [-0.3, -0.25) is 0 Å². The van der Waals surface area contributed by atoms with Crippen molar-refractivity contribution in [3.8, 4) is 0 Å². The lowest BCUT2D eigenvalue weighted by atomic mass is 10.0. The Morgan fingerprint density at radius 2 is 0.451 bits per heavy atom. The Kier molecular flexibility index (Phi) is 38.4. The van der Waals surface area contributed by atoms with Gasteiger partial charge in [-0.1, -0.05) is 258 Å². The Morgan fingerprint density at radius 3 is 0.686 bits per heavy atom. The van der Waals surface area contributed by atoms with Gasteiger partial charge in [0.2, 0.25) is 0 Å². The average molecular weight is 715 g/mol. The van der Waals surface area contributed by atoms with Crippen LogP contribution in [0.25, 0.3) is 0 Å². The van der Waals surface area contributed by atoms with E-state index in [0.717, 1.165) is 0 Å². The van der Waals surface area contributed by atoms with Crippen molar-refractivity contribution in [2.24, 2.45) is 0 Å². The molecule has 0 radical (unpaired) electrons. The van der Waals surface area contributed by atoms with Gasteiger partial charge in [-0.25, -0.2) is 0 Å². The van der Waals surface area contributed by atoms with E-state index >= 15 is 0 Å². The van der Waals surface area contributed by atoms with Gasteiger partial charge in [-0.2, -0.15) is 0 Å². The maximum Gasteiger partial charge on any atom is 0.101 e. The molecular weight excluding hydrogens is 617 g/mol. The number of unbranched alkanes of at least 4 members (excludes halogenated alkanes) is 37. The zero-order chi connectivity index (χ0) is 36.6. The summed E-state index contributed by atoms with van der Waals surface area (Å²) in [6.45, 7) is 9.49. The molecule has 0 fully saturated rings. The molecule has 1 atom stereocenters. The van der Waals surface area contributed by atoms with Crippen LogP contribution in [0, 0.1) is 0 Å². The fourth-order valence-corrected chi connectivity index (χ4v) is 8.48. The highest BCUT2D eigenvalue weighted by molar-refractivity contribution is 4.97. The van der Waals surface area contributed by atoms with Gasteiger partial charge in [-0.05, 0) is 25.7 Å². The predicted molar refractivity (Wildman–Crippen MR) is 233 cm³/mol. The molecule has 0 spiro atoms. The van der Waals surface area contributed by atoms with E-state index < -0.39 is 0 Å². The fraction of sp³-hybridized carbons (Fsp3) is 0.959. The first-order chi connectivity index (χ1) is 25.3. The van der Waals surface area contributed by atoms with Crippen molar-refractivity contribution in [3.05, 3.63) is 12.4 Å². The summed E-state index contributed by atoms with van der Waals surface area (Å²) in [4.78, 5) is 5.47. The second-order valence-corrected chi connectivity index (χ2v) is 17.1. The molecule has 0 saturated carbocycles. The Hall–Kier alpha value is -0.660. The third kappa shape index (κ3) is 32.5. The van der Waals surface area contributed by atoms with Crippen LogP contribution < -0.4 is 0 Å². The van der Waals surface area contributed by atoms with Crippen LogP contribution in [0.1, 0.15) is 284 Å². The van der Waals surface area contributed by atoms with Crippen LogP contribution in [0.15, 0.2) is 12.4 Å². The van der Waals surface area contributed by atoms with E-state index in [2.05, 4.69) is 43.0 Å². The lowest BCUT2D eigenvalue weighted by Crippen LogP contribution is -2.39. The van der Waals surface area contributed by atoms with Crippen molar-refractivity contribution in [1.29, 1.82) is 0 Å². The zero-order valence-electron chi connectivity index (χ0n) is 36.0. The summed E-state index contributed by atoms with van der Waals surface area (Å²) >= 11 is 0. The Bertz CT molecular complexity index is 673. The van der Waals surface area contributed by atoms with Crippen LogP contribution in [0.2, 0.25) is 0 Å². The molecule has 1 unspecified atom stereocenters. The summed E-state index contributed by atoms with van der Waals surface area (Å²) in [5, 5.41) is 0. The molecule has 304 valence electrons. The molecular formula is C49H98N2. The van der Waals surface area contributed by atoms with Gasteiger partial charge >= 0.3 is 0 Å². The molecule has 0 saturated heterocycles. The smallest absolute Gasteiger partial charge is 0.101 e. The van der Waals surface area contributed by atoms with Crippen LogP contribution in [0.3, 0.4) is 0 Å². The molecule has 1 aliphatic heterocycles. The van der Waals surface area contributed by atoms with E-state index in [1.165, 1.54) is 276 Å². The van der Waals surface area contributed by atoms with Gasteiger partial charge in [0.25, 0.3) is 0 Å². The van der Waals surface area contributed by atoms with E-state index in [0.29, 0.717) is 6.17 Å². The Labute approximate surface area is 324 Å². The second-order valence-electron chi connectivity index (χ2n) is 17.1. The molecule has 1 aliphatic rings. The lowest BCUT2D eigenvalue weighted by Gasteiger charge is -2.33. The van der Waals surface area contributed by atoms with Crippen LogP contribution in [0.4, 0.5) is 0 Å². The largest absolute Gasteiger partial charge is 0.356 e. The molecule has 51 heavy (non-hydrogen) atoms. The third-order valence-electron chi connectivity index (χ3n) is 12.1. The van der Waals surface area contributed by atoms with Crippen LogP contribution in [-0.2, 0) is 0 Å². The topological polar surface area (TPSA) is 6.48 Å². The summed E-state index contributed by atoms with van der Waals surface area (Å²) in [6.07, 6.45) is 64.9. The van der Waals surface area contributed by atoms with Crippen molar-refractivity contribution < 1.29 is 0 Å². The highest BCUT2D eigenvalue weighted by Gasteiger charge is 2.24. The minimum atomic E-state index is 0.636. The first-order valence-electron chi connectivity index (χ1n) is 24.5. The molecule has 0 bridgehead atoms. The quantitative estimate of drug-likeness (QED) is 0.0580. The minimum Gasteiger partial charge on any atom is -0.356 e. The van der Waals surface area contributed by atoms with E-state index in [9.17, 15) is 0 Å². The van der Waals surface area contributed by atoms with E-state index in [1.54, 1.807) is 0 Å². The monoisotopic (exact) mass is 715 g/mol. The molecule has 2 heteroatoms. The highest BCUT2D eigenvalue weighted by atomic mass is 15.4. The zero-order valence-corrected chi connectivity index (χ0v) is 36.0. The molecule has 0 amide bonds. The molecule has 0 aromatic rings.